The van der Waals surface area contributed by atoms with Crippen molar-refractivity contribution in [2.75, 3.05) is 7.11 Å². The molecule has 0 unspecified atom stereocenters. The molecule has 0 atom stereocenters. The summed E-state index contributed by atoms with van der Waals surface area (Å²) >= 11 is -3.29. The average Bonchev–Trinajstić information content (AvgIpc) is 2.73. The zero-order valence-electron chi connectivity index (χ0n) is 14.7. The van der Waals surface area contributed by atoms with E-state index in [0.717, 1.165) is 13.1 Å². The molecule has 0 aliphatic carbocycles. The van der Waals surface area contributed by atoms with Gasteiger partial charge in [-0.25, -0.2) is 0 Å². The van der Waals surface area contributed by atoms with Crippen LogP contribution in [0.1, 0.15) is 0 Å². The van der Waals surface area contributed by atoms with Gasteiger partial charge in [0.05, 0.1) is 0 Å². The Morgan fingerprint density at radius 3 is 1.38 bits per heavy atom. The number of rotatable bonds is 5. The van der Waals surface area contributed by atoms with Gasteiger partial charge in [-0.1, -0.05) is 0 Å². The summed E-state index contributed by atoms with van der Waals surface area (Å²) in [6.07, 6.45) is 1.69. The number of hydrogen-bond donors (Lipinski definition) is 0. The molecule has 0 spiro atoms. The van der Waals surface area contributed by atoms with E-state index in [1.54, 1.807) is 6.08 Å². The molecular formula is C23H21AsO2. The zero-order chi connectivity index (χ0) is 18.4. The van der Waals surface area contributed by atoms with Crippen molar-refractivity contribution < 1.29 is 9.53 Å². The Labute approximate surface area is 156 Å². The third-order valence-electron chi connectivity index (χ3n) is 4.38. The summed E-state index contributed by atoms with van der Waals surface area (Å²) in [6, 6.07) is 30.8. The molecule has 0 bridgehead atoms. The molecule has 0 N–H and O–H groups in total. The van der Waals surface area contributed by atoms with Gasteiger partial charge in [0.25, 0.3) is 0 Å². The topological polar surface area (TPSA) is 26.3 Å². The first kappa shape index (κ1) is 18.1. The number of carbonyl (C=O) groups is 1. The van der Waals surface area contributed by atoms with Crippen LogP contribution >= 0.6 is 0 Å². The fraction of sp³-hybridized carbons (Fsp3) is 0.0435. The third kappa shape index (κ3) is 3.09. The molecule has 3 rings (SSSR count). The van der Waals surface area contributed by atoms with Gasteiger partial charge in [0.1, 0.15) is 0 Å². The molecule has 0 aliphatic heterocycles. The van der Waals surface area contributed by atoms with Crippen LogP contribution in [0.3, 0.4) is 0 Å². The summed E-state index contributed by atoms with van der Waals surface area (Å²) < 4.78 is 9.30. The van der Waals surface area contributed by atoms with Crippen molar-refractivity contribution in [1.29, 1.82) is 0 Å². The van der Waals surface area contributed by atoms with Gasteiger partial charge in [-0.05, 0) is 0 Å². The molecule has 0 heterocycles. The number of carbonyl (C=O) groups excluding carboxylic acids is 1. The first-order chi connectivity index (χ1) is 12.7. The number of methoxy groups -OCH3 is 1. The molecule has 0 amide bonds. The molecule has 0 fully saturated rings. The van der Waals surface area contributed by atoms with E-state index in [2.05, 4.69) is 43.0 Å². The Kier molecular flexibility index (Phi) is 5.65. The molecule has 0 aromatic heterocycles. The third-order valence-corrected chi connectivity index (χ3v) is 13.4. The summed E-state index contributed by atoms with van der Waals surface area (Å²) in [5.41, 5.74) is 0. The van der Waals surface area contributed by atoms with E-state index < -0.39 is 13.1 Å². The van der Waals surface area contributed by atoms with Crippen LogP contribution in [0.5, 0.6) is 0 Å². The van der Waals surface area contributed by atoms with Crippen LogP contribution in [0.2, 0.25) is 0 Å². The normalized spacial score (nSPS) is 10.8. The van der Waals surface area contributed by atoms with E-state index in [1.165, 1.54) is 7.11 Å². The molecule has 0 saturated carbocycles. The van der Waals surface area contributed by atoms with Crippen molar-refractivity contribution in [1.82, 2.24) is 0 Å². The molecule has 3 aromatic carbocycles. The van der Waals surface area contributed by atoms with Gasteiger partial charge in [-0.2, -0.15) is 0 Å². The number of benzene rings is 3. The van der Waals surface area contributed by atoms with Crippen LogP contribution in [0.4, 0.5) is 0 Å². The van der Waals surface area contributed by atoms with Crippen molar-refractivity contribution >= 4 is 36.4 Å². The molecule has 3 aromatic rings. The zero-order valence-corrected chi connectivity index (χ0v) is 16.6. The van der Waals surface area contributed by atoms with Gasteiger partial charge >= 0.3 is 157 Å². The van der Waals surface area contributed by atoms with Gasteiger partial charge in [-0.3, -0.25) is 0 Å². The van der Waals surface area contributed by atoms with E-state index in [0.29, 0.717) is 4.30 Å². The summed E-state index contributed by atoms with van der Waals surface area (Å²) in [5.74, 6) is -0.316. The van der Waals surface area contributed by atoms with Crippen molar-refractivity contribution in [3.05, 3.63) is 104 Å². The molecule has 26 heavy (non-hydrogen) atoms. The van der Waals surface area contributed by atoms with Crippen molar-refractivity contribution in [3.63, 3.8) is 0 Å². The van der Waals surface area contributed by atoms with Crippen molar-refractivity contribution in [2.24, 2.45) is 0 Å². The summed E-state index contributed by atoms with van der Waals surface area (Å²) in [5, 5.41) is 0. The standard InChI is InChI=1S/C23H21AsO2/c1-3-22(23(25)26-2)24(19-13-7-4-8-14-19,20-15-9-5-10-16-20)21-17-11-6-12-18-21/h3-18H,1H2,2H3. The second kappa shape index (κ2) is 8.12. The van der Waals surface area contributed by atoms with E-state index in [4.69, 9.17) is 4.74 Å². The van der Waals surface area contributed by atoms with Crippen LogP contribution < -0.4 is 13.1 Å². The average molecular weight is 404 g/mol. The van der Waals surface area contributed by atoms with Gasteiger partial charge < -0.3 is 0 Å². The summed E-state index contributed by atoms with van der Waals surface area (Å²) in [4.78, 5) is 12.8. The molecule has 130 valence electrons. The quantitative estimate of drug-likeness (QED) is 0.482. The summed E-state index contributed by atoms with van der Waals surface area (Å²) in [6.45, 7) is 3.98. The second-order valence-electron chi connectivity index (χ2n) is 5.76. The molecule has 2 nitrogen and oxygen atoms in total. The van der Waals surface area contributed by atoms with E-state index in [-0.39, 0.29) is 5.97 Å². The maximum absolute atomic E-state index is 12.8. The van der Waals surface area contributed by atoms with Gasteiger partial charge in [0.15, 0.2) is 0 Å². The van der Waals surface area contributed by atoms with Gasteiger partial charge in [0, 0.05) is 0 Å². The Hall–Kier alpha value is -2.70. The fourth-order valence-electron chi connectivity index (χ4n) is 3.28. The Bertz CT molecular complexity index is 842. The Morgan fingerprint density at radius 2 is 1.12 bits per heavy atom. The van der Waals surface area contributed by atoms with Crippen LogP contribution in [0.15, 0.2) is 104 Å². The van der Waals surface area contributed by atoms with Crippen LogP contribution in [0, 0.1) is 0 Å². The fourth-order valence-corrected chi connectivity index (χ4v) is 12.1. The predicted molar refractivity (Wildman–Crippen MR) is 111 cm³/mol. The predicted octanol–water partition coefficient (Wildman–Crippen LogP) is 2.27. The molecular weight excluding hydrogens is 383 g/mol. The Balaban J connectivity index is 2.59. The first-order valence-electron chi connectivity index (χ1n) is 8.39. The van der Waals surface area contributed by atoms with Crippen LogP contribution in [-0.2, 0) is 9.53 Å². The van der Waals surface area contributed by atoms with Crippen LogP contribution in [0.25, 0.3) is 0 Å². The van der Waals surface area contributed by atoms with E-state index >= 15 is 0 Å². The van der Waals surface area contributed by atoms with Gasteiger partial charge in [0.2, 0.25) is 0 Å². The van der Waals surface area contributed by atoms with Gasteiger partial charge in [-0.15, -0.1) is 0 Å². The SMILES string of the molecule is C=CC(C(=O)OC)=[As](c1ccccc1)(c1ccccc1)c1ccccc1. The first-order valence-corrected chi connectivity index (χ1v) is 12.1. The minimum atomic E-state index is -3.29. The number of ether oxygens (including phenoxy) is 1. The van der Waals surface area contributed by atoms with Crippen molar-refractivity contribution in [2.45, 2.75) is 0 Å². The van der Waals surface area contributed by atoms with E-state index in [9.17, 15) is 4.79 Å². The van der Waals surface area contributed by atoms with Crippen LogP contribution in [-0.4, -0.2) is 30.5 Å². The maximum atomic E-state index is 12.8. The number of hydrogen-bond acceptors (Lipinski definition) is 2. The molecule has 0 aliphatic rings. The monoisotopic (exact) mass is 404 g/mol. The number of esters is 1. The molecule has 3 heteroatoms. The Morgan fingerprint density at radius 1 is 0.769 bits per heavy atom. The molecule has 0 radical (unpaired) electrons. The second-order valence-corrected chi connectivity index (χ2v) is 12.8. The van der Waals surface area contributed by atoms with E-state index in [1.807, 2.05) is 54.6 Å². The molecule has 0 saturated heterocycles. The minimum absolute atomic E-state index is 0.316. The van der Waals surface area contributed by atoms with Crippen molar-refractivity contribution in [3.8, 4) is 0 Å². The summed E-state index contributed by atoms with van der Waals surface area (Å²) in [7, 11) is 1.43.